The number of nitrogens with two attached hydrogens (primary N) is 1. The molecular formula is C11H13F2N5. The summed E-state index contributed by atoms with van der Waals surface area (Å²) in [7, 11) is 0. The van der Waals surface area contributed by atoms with Gasteiger partial charge in [-0.15, -0.1) is 10.2 Å². The molecule has 1 aliphatic carbocycles. The molecule has 7 heteroatoms. The molecule has 3 rings (SSSR count). The van der Waals surface area contributed by atoms with Crippen molar-refractivity contribution >= 4 is 11.5 Å². The predicted octanol–water partition coefficient (Wildman–Crippen LogP) is 2.00. The normalized spacial score (nSPS) is 23.3. The molecule has 1 fully saturated rings. The van der Waals surface area contributed by atoms with Crippen molar-refractivity contribution in [1.82, 2.24) is 19.6 Å². The fourth-order valence-electron chi connectivity index (χ4n) is 2.53. The zero-order chi connectivity index (χ0) is 12.8. The van der Waals surface area contributed by atoms with Crippen LogP contribution in [-0.2, 0) is 0 Å². The summed E-state index contributed by atoms with van der Waals surface area (Å²) in [6.07, 6.45) is 4.19. The molecule has 0 aliphatic heterocycles. The molecule has 2 aromatic rings. The lowest BCUT2D eigenvalue weighted by atomic mass is 9.86. The molecular weight excluding hydrogens is 240 g/mol. The van der Waals surface area contributed by atoms with Crippen molar-refractivity contribution in [1.29, 1.82) is 0 Å². The third kappa shape index (κ3) is 1.79. The predicted molar refractivity (Wildman–Crippen MR) is 61.4 cm³/mol. The van der Waals surface area contributed by atoms with Crippen LogP contribution in [0.1, 0.15) is 37.4 Å². The van der Waals surface area contributed by atoms with Gasteiger partial charge in [-0.1, -0.05) is 0 Å². The largest absolute Gasteiger partial charge is 0.381 e. The first-order chi connectivity index (χ1) is 8.57. The van der Waals surface area contributed by atoms with Gasteiger partial charge in [0.25, 0.3) is 0 Å². The summed E-state index contributed by atoms with van der Waals surface area (Å²) in [5.41, 5.74) is 6.10. The second-order valence-corrected chi connectivity index (χ2v) is 4.71. The highest BCUT2D eigenvalue weighted by atomic mass is 19.3. The van der Waals surface area contributed by atoms with E-state index in [9.17, 15) is 8.78 Å². The monoisotopic (exact) mass is 253 g/mol. The zero-order valence-corrected chi connectivity index (χ0v) is 9.68. The van der Waals surface area contributed by atoms with Crippen LogP contribution in [0.25, 0.3) is 5.65 Å². The molecule has 0 saturated heterocycles. The molecule has 0 unspecified atom stereocenters. The van der Waals surface area contributed by atoms with Crippen molar-refractivity contribution < 1.29 is 8.78 Å². The Kier molecular flexibility index (Phi) is 2.42. The Hall–Kier alpha value is -1.79. The molecule has 1 saturated carbocycles. The SMILES string of the molecule is Nc1nccn2c([C@H]3CCCC(F)(F)C3)nnc12. The average Bonchev–Trinajstić information content (AvgIpc) is 2.73. The number of hydrogen-bond acceptors (Lipinski definition) is 4. The van der Waals surface area contributed by atoms with E-state index < -0.39 is 5.92 Å². The fraction of sp³-hybridized carbons (Fsp3) is 0.545. The summed E-state index contributed by atoms with van der Waals surface area (Å²) in [4.78, 5) is 3.90. The Balaban J connectivity index is 2.02. The van der Waals surface area contributed by atoms with Crippen LogP contribution in [0.4, 0.5) is 14.6 Å². The van der Waals surface area contributed by atoms with Crippen LogP contribution in [0.2, 0.25) is 0 Å². The molecule has 2 heterocycles. The minimum Gasteiger partial charge on any atom is -0.381 e. The van der Waals surface area contributed by atoms with E-state index in [-0.39, 0.29) is 24.6 Å². The van der Waals surface area contributed by atoms with Crippen molar-refractivity contribution in [2.24, 2.45) is 0 Å². The van der Waals surface area contributed by atoms with E-state index in [0.29, 0.717) is 24.3 Å². The maximum Gasteiger partial charge on any atom is 0.248 e. The number of anilines is 1. The first-order valence-electron chi connectivity index (χ1n) is 5.90. The molecule has 1 atom stereocenters. The van der Waals surface area contributed by atoms with Crippen LogP contribution in [0.3, 0.4) is 0 Å². The van der Waals surface area contributed by atoms with E-state index in [2.05, 4.69) is 15.2 Å². The quantitative estimate of drug-likeness (QED) is 0.843. The summed E-state index contributed by atoms with van der Waals surface area (Å²) >= 11 is 0. The number of nitrogen functional groups attached to an aromatic ring is 1. The van der Waals surface area contributed by atoms with Gasteiger partial charge in [0.15, 0.2) is 5.82 Å². The maximum absolute atomic E-state index is 13.4. The smallest absolute Gasteiger partial charge is 0.248 e. The molecule has 0 radical (unpaired) electrons. The average molecular weight is 253 g/mol. The molecule has 96 valence electrons. The number of hydrogen-bond donors (Lipinski definition) is 1. The third-order valence-corrected chi connectivity index (χ3v) is 3.39. The van der Waals surface area contributed by atoms with E-state index in [0.717, 1.165) is 0 Å². The standard InChI is InChI=1S/C11H13F2N5/c12-11(13)3-1-2-7(6-11)9-16-17-10-8(14)15-4-5-18(9)10/h4-5,7H,1-3,6H2,(H2,14,15)/t7-/m0/s1. The van der Waals surface area contributed by atoms with Crippen LogP contribution < -0.4 is 5.73 Å². The molecule has 0 spiro atoms. The number of halogens is 2. The van der Waals surface area contributed by atoms with E-state index >= 15 is 0 Å². The van der Waals surface area contributed by atoms with Gasteiger partial charge in [-0.3, -0.25) is 4.40 Å². The third-order valence-electron chi connectivity index (χ3n) is 3.39. The minimum atomic E-state index is -2.60. The van der Waals surface area contributed by atoms with Crippen molar-refractivity contribution in [2.45, 2.75) is 37.5 Å². The first-order valence-corrected chi connectivity index (χ1v) is 5.90. The van der Waals surface area contributed by atoms with Crippen LogP contribution in [0.15, 0.2) is 12.4 Å². The first kappa shape index (κ1) is 11.3. The fourth-order valence-corrected chi connectivity index (χ4v) is 2.53. The van der Waals surface area contributed by atoms with Crippen LogP contribution in [-0.4, -0.2) is 25.5 Å². The van der Waals surface area contributed by atoms with Crippen LogP contribution in [0, 0.1) is 0 Å². The summed E-state index contributed by atoms with van der Waals surface area (Å²) in [5.74, 6) is -2.06. The van der Waals surface area contributed by atoms with Gasteiger partial charge >= 0.3 is 0 Å². The number of fused-ring (bicyclic) bond motifs is 1. The van der Waals surface area contributed by atoms with E-state index in [1.807, 2.05) is 0 Å². The highest BCUT2D eigenvalue weighted by molar-refractivity contribution is 5.58. The lowest BCUT2D eigenvalue weighted by Crippen LogP contribution is -2.26. The van der Waals surface area contributed by atoms with Gasteiger partial charge in [0.05, 0.1) is 0 Å². The molecule has 18 heavy (non-hydrogen) atoms. The van der Waals surface area contributed by atoms with Crippen molar-refractivity contribution in [3.8, 4) is 0 Å². The second-order valence-electron chi connectivity index (χ2n) is 4.71. The minimum absolute atomic E-state index is 0.0378. The summed E-state index contributed by atoms with van der Waals surface area (Å²) in [6.45, 7) is 0. The van der Waals surface area contributed by atoms with E-state index in [1.165, 1.54) is 6.20 Å². The Bertz CT molecular complexity index is 580. The second kappa shape index (κ2) is 3.86. The van der Waals surface area contributed by atoms with Gasteiger partial charge in [0, 0.05) is 31.2 Å². The van der Waals surface area contributed by atoms with Crippen molar-refractivity contribution in [3.05, 3.63) is 18.2 Å². The Morgan fingerprint density at radius 3 is 3.00 bits per heavy atom. The topological polar surface area (TPSA) is 69.1 Å². The maximum atomic E-state index is 13.4. The lowest BCUT2D eigenvalue weighted by Gasteiger charge is -2.27. The van der Waals surface area contributed by atoms with E-state index in [4.69, 9.17) is 5.73 Å². The molecule has 5 nitrogen and oxygen atoms in total. The van der Waals surface area contributed by atoms with Crippen LogP contribution >= 0.6 is 0 Å². The lowest BCUT2D eigenvalue weighted by molar-refractivity contribution is -0.0418. The van der Waals surface area contributed by atoms with Gasteiger partial charge in [-0.05, 0) is 12.8 Å². The molecule has 0 bridgehead atoms. The van der Waals surface area contributed by atoms with Gasteiger partial charge in [-0.2, -0.15) is 0 Å². The molecule has 2 N–H and O–H groups in total. The summed E-state index contributed by atoms with van der Waals surface area (Å²) in [6, 6.07) is 0. The van der Waals surface area contributed by atoms with Gasteiger partial charge in [0.2, 0.25) is 11.6 Å². The van der Waals surface area contributed by atoms with Gasteiger partial charge in [-0.25, -0.2) is 13.8 Å². The number of aromatic nitrogens is 4. The molecule has 0 aromatic carbocycles. The van der Waals surface area contributed by atoms with Gasteiger partial charge in [0.1, 0.15) is 5.82 Å². The van der Waals surface area contributed by atoms with E-state index in [1.54, 1.807) is 10.6 Å². The Labute approximate surface area is 102 Å². The zero-order valence-electron chi connectivity index (χ0n) is 9.68. The van der Waals surface area contributed by atoms with Crippen LogP contribution in [0.5, 0.6) is 0 Å². The Morgan fingerprint density at radius 1 is 1.39 bits per heavy atom. The highest BCUT2D eigenvalue weighted by Crippen LogP contribution is 2.41. The Morgan fingerprint density at radius 2 is 2.22 bits per heavy atom. The molecule has 1 aliphatic rings. The summed E-state index contributed by atoms with van der Waals surface area (Å²) < 4.78 is 28.5. The molecule has 0 amide bonds. The number of rotatable bonds is 1. The summed E-state index contributed by atoms with van der Waals surface area (Å²) in [5, 5.41) is 7.93. The highest BCUT2D eigenvalue weighted by Gasteiger charge is 2.38. The van der Waals surface area contributed by atoms with Crippen molar-refractivity contribution in [2.75, 3.05) is 5.73 Å². The number of alkyl halides is 2. The van der Waals surface area contributed by atoms with Crippen molar-refractivity contribution in [3.63, 3.8) is 0 Å². The molecule has 2 aromatic heterocycles. The number of nitrogens with zero attached hydrogens (tertiary/aromatic N) is 4. The van der Waals surface area contributed by atoms with Gasteiger partial charge < -0.3 is 5.73 Å².